The predicted octanol–water partition coefficient (Wildman–Crippen LogP) is 1.82. The van der Waals surface area contributed by atoms with Gasteiger partial charge in [0.1, 0.15) is 0 Å². The first-order chi connectivity index (χ1) is 16.7. The van der Waals surface area contributed by atoms with E-state index in [2.05, 4.69) is 31.9 Å². The highest BCUT2D eigenvalue weighted by molar-refractivity contribution is 5.79. The van der Waals surface area contributed by atoms with E-state index in [0.717, 1.165) is 23.7 Å². The van der Waals surface area contributed by atoms with Crippen molar-refractivity contribution in [1.82, 2.24) is 24.4 Å². The molecule has 0 bridgehead atoms. The summed E-state index contributed by atoms with van der Waals surface area (Å²) in [5.74, 6) is 3.17. The molecule has 0 saturated carbocycles. The van der Waals surface area contributed by atoms with Crippen LogP contribution >= 0.6 is 0 Å². The van der Waals surface area contributed by atoms with Gasteiger partial charge in [0, 0.05) is 33.2 Å². The largest absolute Gasteiger partial charge is 0.491 e. The van der Waals surface area contributed by atoms with Gasteiger partial charge in [-0.25, -0.2) is 4.79 Å². The van der Waals surface area contributed by atoms with Crippen molar-refractivity contribution >= 4 is 23.1 Å². The lowest BCUT2D eigenvalue weighted by atomic mass is 10.3. The van der Waals surface area contributed by atoms with Crippen LogP contribution in [0.25, 0.3) is 11.2 Å². The normalized spacial score (nSPS) is 13.9. The minimum absolute atomic E-state index is 0.0966. The highest BCUT2D eigenvalue weighted by Crippen LogP contribution is 2.32. The lowest BCUT2D eigenvalue weighted by Gasteiger charge is -2.28. The molecule has 1 aliphatic rings. The molecule has 0 unspecified atom stereocenters. The zero-order chi connectivity index (χ0) is 25.2. The van der Waals surface area contributed by atoms with Crippen LogP contribution in [0.15, 0.2) is 29.1 Å². The van der Waals surface area contributed by atoms with Crippen molar-refractivity contribution < 1.29 is 27.4 Å². The number of nitrogens with one attached hydrogen (secondary N) is 1. The molecule has 1 aromatic carbocycles. The molecule has 4 rings (SSSR count). The van der Waals surface area contributed by atoms with Crippen LogP contribution in [0.3, 0.4) is 0 Å². The number of carbonyl (C=O) groups excluding carboxylic acids is 1. The van der Waals surface area contributed by atoms with E-state index in [-0.39, 0.29) is 29.5 Å². The van der Waals surface area contributed by atoms with Crippen molar-refractivity contribution in [2.24, 2.45) is 7.05 Å². The zero-order valence-corrected chi connectivity index (χ0v) is 18.8. The Morgan fingerprint density at radius 2 is 1.86 bits per heavy atom. The monoisotopic (exact) mass is 490 g/mol. The van der Waals surface area contributed by atoms with Crippen LogP contribution < -0.4 is 25.2 Å². The number of alkyl halides is 3. The van der Waals surface area contributed by atoms with E-state index in [9.17, 15) is 22.8 Å². The quantitative estimate of drug-likeness (QED) is 0.328. The van der Waals surface area contributed by atoms with E-state index < -0.39 is 23.5 Å². The number of benzene rings is 1. The highest BCUT2D eigenvalue weighted by atomic mass is 19.4. The first-order valence-corrected chi connectivity index (χ1v) is 10.6. The summed E-state index contributed by atoms with van der Waals surface area (Å²) in [6, 6.07) is 5.03. The third-order valence-electron chi connectivity index (χ3n) is 5.22. The number of fused-ring (bicyclic) bond motifs is 1. The second-order valence-corrected chi connectivity index (χ2v) is 7.53. The summed E-state index contributed by atoms with van der Waals surface area (Å²) in [5, 5.41) is 3.25. The van der Waals surface area contributed by atoms with Crippen LogP contribution in [-0.2, 0) is 18.4 Å². The third-order valence-corrected chi connectivity index (χ3v) is 5.22. The van der Waals surface area contributed by atoms with Crippen LogP contribution in [0, 0.1) is 11.8 Å². The van der Waals surface area contributed by atoms with Gasteiger partial charge < -0.3 is 19.7 Å². The number of anilines is 1. The van der Waals surface area contributed by atoms with Crippen molar-refractivity contribution in [3.05, 3.63) is 34.6 Å². The number of ether oxygens (including phenoxy) is 2. The SMILES string of the molecule is CC#CCn1c(N2CCNCC2)nc2nc(Oc3ccccc3OC(=O)C(F)(F)F)n(C)c(=O)c21. The number of para-hydroxylation sites is 2. The number of hydrogen-bond donors (Lipinski definition) is 1. The summed E-state index contributed by atoms with van der Waals surface area (Å²) in [4.78, 5) is 35.5. The fraction of sp³-hybridized carbons (Fsp3) is 0.364. The Kier molecular flexibility index (Phi) is 6.65. The predicted molar refractivity (Wildman–Crippen MR) is 120 cm³/mol. The average molecular weight is 490 g/mol. The maximum Gasteiger partial charge on any atom is 0.491 e. The van der Waals surface area contributed by atoms with Crippen molar-refractivity contribution in [3.8, 4) is 29.4 Å². The van der Waals surface area contributed by atoms with Crippen LogP contribution in [0.5, 0.6) is 17.5 Å². The van der Waals surface area contributed by atoms with E-state index in [1.807, 2.05) is 4.90 Å². The van der Waals surface area contributed by atoms with Gasteiger partial charge in [0.15, 0.2) is 22.7 Å². The van der Waals surface area contributed by atoms with Gasteiger partial charge in [-0.3, -0.25) is 13.9 Å². The van der Waals surface area contributed by atoms with Crippen LogP contribution in [-0.4, -0.2) is 57.4 Å². The van der Waals surface area contributed by atoms with E-state index in [0.29, 0.717) is 19.0 Å². The van der Waals surface area contributed by atoms with Crippen molar-refractivity contribution in [3.63, 3.8) is 0 Å². The van der Waals surface area contributed by atoms with E-state index >= 15 is 0 Å². The number of aromatic nitrogens is 4. The molecule has 1 fully saturated rings. The van der Waals surface area contributed by atoms with Gasteiger partial charge in [-0.05, 0) is 19.1 Å². The number of halogens is 3. The first-order valence-electron chi connectivity index (χ1n) is 10.6. The van der Waals surface area contributed by atoms with E-state index in [4.69, 9.17) is 4.74 Å². The molecule has 184 valence electrons. The summed E-state index contributed by atoms with van der Waals surface area (Å²) < 4.78 is 50.8. The molecule has 3 heterocycles. The minimum Gasteiger partial charge on any atom is -0.421 e. The van der Waals surface area contributed by atoms with Gasteiger partial charge in [0.25, 0.3) is 5.56 Å². The maximum absolute atomic E-state index is 13.3. The molecule has 35 heavy (non-hydrogen) atoms. The molecule has 13 heteroatoms. The average Bonchev–Trinajstić information content (AvgIpc) is 3.20. The highest BCUT2D eigenvalue weighted by Gasteiger charge is 2.41. The summed E-state index contributed by atoms with van der Waals surface area (Å²) >= 11 is 0. The number of carbonyl (C=O) groups is 1. The molecule has 0 atom stereocenters. The molecule has 0 aliphatic carbocycles. The van der Waals surface area contributed by atoms with Crippen LogP contribution in [0.4, 0.5) is 19.1 Å². The zero-order valence-electron chi connectivity index (χ0n) is 18.8. The van der Waals surface area contributed by atoms with E-state index in [1.165, 1.54) is 25.2 Å². The number of rotatable bonds is 5. The first kappa shape index (κ1) is 24.1. The Labute approximate surface area is 197 Å². The smallest absolute Gasteiger partial charge is 0.421 e. The van der Waals surface area contributed by atoms with Gasteiger partial charge in [-0.2, -0.15) is 23.1 Å². The summed E-state index contributed by atoms with van der Waals surface area (Å²) in [6.07, 6.45) is -5.19. The topological polar surface area (TPSA) is 104 Å². The summed E-state index contributed by atoms with van der Waals surface area (Å²) in [6.45, 7) is 4.75. The Morgan fingerprint density at radius 3 is 2.51 bits per heavy atom. The second kappa shape index (κ2) is 9.67. The number of esters is 1. The van der Waals surface area contributed by atoms with Gasteiger partial charge in [-0.1, -0.05) is 18.1 Å². The molecular weight excluding hydrogens is 469 g/mol. The molecule has 1 saturated heterocycles. The van der Waals surface area contributed by atoms with Gasteiger partial charge >= 0.3 is 18.2 Å². The number of piperazine rings is 1. The van der Waals surface area contributed by atoms with Crippen molar-refractivity contribution in [2.45, 2.75) is 19.6 Å². The molecule has 1 N–H and O–H groups in total. The van der Waals surface area contributed by atoms with Crippen molar-refractivity contribution in [2.75, 3.05) is 31.1 Å². The van der Waals surface area contributed by atoms with Crippen molar-refractivity contribution in [1.29, 1.82) is 0 Å². The fourth-order valence-electron chi connectivity index (χ4n) is 3.51. The fourth-order valence-corrected chi connectivity index (χ4v) is 3.51. The molecule has 10 nitrogen and oxygen atoms in total. The minimum atomic E-state index is -5.19. The second-order valence-electron chi connectivity index (χ2n) is 7.53. The van der Waals surface area contributed by atoms with Gasteiger partial charge in [0.2, 0.25) is 5.95 Å². The Morgan fingerprint density at radius 1 is 1.17 bits per heavy atom. The number of nitrogens with zero attached hydrogens (tertiary/aromatic N) is 5. The molecular formula is C22H21F3N6O4. The lowest BCUT2D eigenvalue weighted by molar-refractivity contribution is -0.189. The maximum atomic E-state index is 13.3. The molecule has 2 aromatic heterocycles. The van der Waals surface area contributed by atoms with Gasteiger partial charge in [0.05, 0.1) is 6.54 Å². The van der Waals surface area contributed by atoms with E-state index in [1.54, 1.807) is 11.5 Å². The Balaban J connectivity index is 1.77. The summed E-state index contributed by atoms with van der Waals surface area (Å²) in [7, 11) is 1.40. The number of hydrogen-bond acceptors (Lipinski definition) is 8. The molecule has 3 aromatic rings. The molecule has 0 amide bonds. The standard InChI is InChI=1S/C22H21F3N6O4/c1-3-4-11-31-16-17(27-20(31)30-12-9-26-10-13-30)28-21(29(2)18(16)32)35-15-8-6-5-7-14(15)34-19(33)22(23,24)25/h5-8,26H,9-13H2,1-2H3. The Bertz CT molecular complexity index is 1380. The molecule has 1 aliphatic heterocycles. The summed E-state index contributed by atoms with van der Waals surface area (Å²) in [5.41, 5.74) is -0.172. The lowest BCUT2D eigenvalue weighted by Crippen LogP contribution is -2.44. The van der Waals surface area contributed by atoms with Crippen LogP contribution in [0.2, 0.25) is 0 Å². The van der Waals surface area contributed by atoms with Crippen LogP contribution in [0.1, 0.15) is 6.92 Å². The molecule has 0 spiro atoms. The Hall–Kier alpha value is -4.05. The third kappa shape index (κ3) is 4.92. The molecule has 0 radical (unpaired) electrons. The van der Waals surface area contributed by atoms with Gasteiger partial charge in [-0.15, -0.1) is 5.92 Å². The number of imidazole rings is 1.